The van der Waals surface area contributed by atoms with E-state index in [1.54, 1.807) is 0 Å². The Kier molecular flexibility index (Phi) is 3.79. The van der Waals surface area contributed by atoms with Crippen LogP contribution in [0.5, 0.6) is 0 Å². The Morgan fingerprint density at radius 1 is 0.812 bits per heavy atom. The van der Waals surface area contributed by atoms with Gasteiger partial charge in [-0.3, -0.25) is 0 Å². The molecule has 0 aliphatic carbocycles. The van der Waals surface area contributed by atoms with Crippen molar-refractivity contribution in [3.8, 4) is 0 Å². The minimum absolute atomic E-state index is 0.505. The average Bonchev–Trinajstić information content (AvgIpc) is 2.38. The monoisotopic (exact) mass is 228 g/mol. The lowest BCUT2D eigenvalue weighted by Crippen LogP contribution is -2.12. The molecule has 0 bridgehead atoms. The maximum Gasteiger partial charge on any atom is 0.0874 e. The van der Waals surface area contributed by atoms with Crippen LogP contribution in [-0.2, 0) is 0 Å². The summed E-state index contributed by atoms with van der Waals surface area (Å²) in [7, 11) is -0.505. The van der Waals surface area contributed by atoms with Gasteiger partial charge >= 0.3 is 0 Å². The molecular formula is C13H13N2P. The lowest BCUT2D eigenvalue weighted by atomic mass is 10.4. The number of benzene rings is 2. The molecule has 3 heteroatoms. The first-order chi connectivity index (χ1) is 7.92. The molecule has 2 rings (SSSR count). The van der Waals surface area contributed by atoms with Crippen molar-refractivity contribution < 1.29 is 0 Å². The van der Waals surface area contributed by atoms with Gasteiger partial charge in [-0.25, -0.2) is 5.53 Å². The summed E-state index contributed by atoms with van der Waals surface area (Å²) >= 11 is 0. The molecule has 0 aliphatic heterocycles. The third-order valence-corrected chi connectivity index (χ3v) is 4.62. The van der Waals surface area contributed by atoms with Gasteiger partial charge in [0.1, 0.15) is 0 Å². The first-order valence-corrected chi connectivity index (χ1v) is 6.65. The van der Waals surface area contributed by atoms with Crippen molar-refractivity contribution in [2.24, 2.45) is 5.11 Å². The number of rotatable bonds is 4. The molecule has 0 amide bonds. The summed E-state index contributed by atoms with van der Waals surface area (Å²) < 4.78 is 0. The minimum atomic E-state index is -0.505. The van der Waals surface area contributed by atoms with E-state index < -0.39 is 7.92 Å². The van der Waals surface area contributed by atoms with Gasteiger partial charge in [0.2, 0.25) is 0 Å². The fourth-order valence-electron chi connectivity index (χ4n) is 1.60. The van der Waals surface area contributed by atoms with E-state index in [1.165, 1.54) is 10.6 Å². The van der Waals surface area contributed by atoms with Gasteiger partial charge in [0.25, 0.3) is 0 Å². The highest BCUT2D eigenvalue weighted by atomic mass is 31.1. The van der Waals surface area contributed by atoms with Gasteiger partial charge in [-0.1, -0.05) is 60.7 Å². The van der Waals surface area contributed by atoms with Crippen molar-refractivity contribution in [1.29, 1.82) is 5.53 Å². The van der Waals surface area contributed by atoms with E-state index in [1.807, 2.05) is 36.4 Å². The van der Waals surface area contributed by atoms with Crippen LogP contribution in [0.2, 0.25) is 0 Å². The summed E-state index contributed by atoms with van der Waals surface area (Å²) in [5, 5.41) is 6.12. The molecule has 0 heterocycles. The number of nitrogens with one attached hydrogen (secondary N) is 1. The molecule has 2 aromatic rings. The fraction of sp³-hybridized carbons (Fsp3) is 0.0769. The smallest absolute Gasteiger partial charge is 0.0874 e. The van der Waals surface area contributed by atoms with Crippen molar-refractivity contribution in [3.63, 3.8) is 0 Å². The van der Waals surface area contributed by atoms with E-state index in [0.29, 0.717) is 6.29 Å². The van der Waals surface area contributed by atoms with E-state index in [-0.39, 0.29) is 0 Å². The van der Waals surface area contributed by atoms with Crippen LogP contribution in [-0.4, -0.2) is 6.29 Å². The van der Waals surface area contributed by atoms with Gasteiger partial charge in [-0.2, -0.15) is 5.11 Å². The predicted octanol–water partition coefficient (Wildman–Crippen LogP) is 3.11. The maximum atomic E-state index is 7.07. The first-order valence-electron chi connectivity index (χ1n) is 5.12. The molecule has 0 saturated heterocycles. The van der Waals surface area contributed by atoms with Crippen molar-refractivity contribution >= 4 is 18.5 Å². The van der Waals surface area contributed by atoms with Crippen molar-refractivity contribution in [3.05, 3.63) is 60.7 Å². The van der Waals surface area contributed by atoms with Crippen LogP contribution in [0.1, 0.15) is 0 Å². The van der Waals surface area contributed by atoms with Gasteiger partial charge in [0, 0.05) is 0 Å². The molecule has 0 radical (unpaired) electrons. The minimum Gasteiger partial charge on any atom is -0.209 e. The van der Waals surface area contributed by atoms with Crippen molar-refractivity contribution in [2.45, 2.75) is 0 Å². The number of hydrogen-bond acceptors (Lipinski definition) is 2. The zero-order valence-electron chi connectivity index (χ0n) is 8.88. The largest absolute Gasteiger partial charge is 0.209 e. The molecule has 16 heavy (non-hydrogen) atoms. The van der Waals surface area contributed by atoms with Crippen LogP contribution in [0.4, 0.5) is 0 Å². The Morgan fingerprint density at radius 2 is 1.25 bits per heavy atom. The summed E-state index contributed by atoms with van der Waals surface area (Å²) in [6.45, 7) is 0. The van der Waals surface area contributed by atoms with Gasteiger partial charge in [0.05, 0.1) is 6.29 Å². The molecule has 0 atom stereocenters. The normalized spacial score (nSPS) is 10.3. The molecule has 1 N–H and O–H groups in total. The Bertz CT molecular complexity index is 403. The Morgan fingerprint density at radius 3 is 1.62 bits per heavy atom. The van der Waals surface area contributed by atoms with Crippen LogP contribution >= 0.6 is 7.92 Å². The average molecular weight is 228 g/mol. The van der Waals surface area contributed by atoms with Crippen LogP contribution < -0.4 is 10.6 Å². The lowest BCUT2D eigenvalue weighted by molar-refractivity contribution is 1.05. The van der Waals surface area contributed by atoms with E-state index in [0.717, 1.165) is 0 Å². The Hall–Kier alpha value is -1.53. The zero-order valence-corrected chi connectivity index (χ0v) is 9.77. The molecule has 0 aliphatic rings. The molecule has 80 valence electrons. The molecule has 0 aromatic heterocycles. The second-order valence-electron chi connectivity index (χ2n) is 3.40. The van der Waals surface area contributed by atoms with E-state index in [4.69, 9.17) is 5.53 Å². The Labute approximate surface area is 96.6 Å². The van der Waals surface area contributed by atoms with Crippen LogP contribution in [0.25, 0.3) is 0 Å². The number of nitrogens with zero attached hydrogens (tertiary/aromatic N) is 1. The van der Waals surface area contributed by atoms with E-state index in [2.05, 4.69) is 29.4 Å². The highest BCUT2D eigenvalue weighted by molar-refractivity contribution is 7.72. The predicted molar refractivity (Wildman–Crippen MR) is 69.1 cm³/mol. The highest BCUT2D eigenvalue weighted by Gasteiger charge is 2.11. The second-order valence-corrected chi connectivity index (χ2v) is 5.57. The third-order valence-electron chi connectivity index (χ3n) is 2.35. The van der Waals surface area contributed by atoms with Crippen LogP contribution in [0.3, 0.4) is 0 Å². The second kappa shape index (κ2) is 5.53. The van der Waals surface area contributed by atoms with Crippen molar-refractivity contribution in [2.75, 3.05) is 6.29 Å². The summed E-state index contributed by atoms with van der Waals surface area (Å²) in [6.07, 6.45) is 0.573. The molecule has 0 fully saturated rings. The highest BCUT2D eigenvalue weighted by Crippen LogP contribution is 2.32. The lowest BCUT2D eigenvalue weighted by Gasteiger charge is -2.15. The SMILES string of the molecule is N=NCP(c1ccccc1)c1ccccc1. The van der Waals surface area contributed by atoms with Gasteiger partial charge in [0.15, 0.2) is 0 Å². The summed E-state index contributed by atoms with van der Waals surface area (Å²) in [4.78, 5) is 0. The van der Waals surface area contributed by atoms with Crippen LogP contribution in [0, 0.1) is 5.53 Å². The van der Waals surface area contributed by atoms with Gasteiger partial charge in [-0.05, 0) is 18.5 Å². The third kappa shape index (κ3) is 2.53. The molecule has 0 saturated carbocycles. The molecule has 2 nitrogen and oxygen atoms in total. The summed E-state index contributed by atoms with van der Waals surface area (Å²) in [5.74, 6) is 0. The number of hydrogen-bond donors (Lipinski definition) is 1. The fourth-order valence-corrected chi connectivity index (χ4v) is 3.43. The molecule has 0 unspecified atom stereocenters. The topological polar surface area (TPSA) is 36.2 Å². The van der Waals surface area contributed by atoms with E-state index >= 15 is 0 Å². The first kappa shape index (κ1) is 11.0. The van der Waals surface area contributed by atoms with Crippen LogP contribution in [0.15, 0.2) is 65.8 Å². The molecular weight excluding hydrogens is 215 g/mol. The molecule has 0 spiro atoms. The Balaban J connectivity index is 2.35. The quantitative estimate of drug-likeness (QED) is 0.616. The van der Waals surface area contributed by atoms with Gasteiger partial charge < -0.3 is 0 Å². The maximum absolute atomic E-state index is 7.07. The molecule has 2 aromatic carbocycles. The van der Waals surface area contributed by atoms with Crippen molar-refractivity contribution in [1.82, 2.24) is 0 Å². The summed E-state index contributed by atoms with van der Waals surface area (Å²) in [5.41, 5.74) is 7.07. The standard InChI is InChI=1S/C13H13N2P/c14-15-11-16(12-7-3-1-4-8-12)13-9-5-2-6-10-13/h1-10,14H,11H2. The van der Waals surface area contributed by atoms with Gasteiger partial charge in [-0.15, -0.1) is 0 Å². The zero-order chi connectivity index (χ0) is 11.2. The van der Waals surface area contributed by atoms with E-state index in [9.17, 15) is 0 Å². The summed E-state index contributed by atoms with van der Waals surface area (Å²) in [6, 6.07) is 20.6.